The van der Waals surface area contributed by atoms with Crippen molar-refractivity contribution in [1.82, 2.24) is 0 Å². The van der Waals surface area contributed by atoms with Gasteiger partial charge >= 0.3 is 16.8 Å². The second kappa shape index (κ2) is 4640. The van der Waals surface area contributed by atoms with Crippen LogP contribution in [0.4, 0.5) is 0 Å². The van der Waals surface area contributed by atoms with Crippen LogP contribution in [-0.2, 0) is 16.8 Å². The van der Waals surface area contributed by atoms with Crippen LogP contribution in [0.25, 0.3) is 30.8 Å². The first-order valence-corrected chi connectivity index (χ1v) is 0.224. The summed E-state index contributed by atoms with van der Waals surface area (Å²) >= 11 is 0. The van der Waals surface area contributed by atoms with Crippen molar-refractivity contribution in [1.29, 1.82) is 5.26 Å². The molecule has 6 nitrogen and oxygen atoms in total. The topological polar surface area (TPSA) is 191 Å². The van der Waals surface area contributed by atoms with Gasteiger partial charge in [-0.3, -0.25) is 0 Å². The van der Waals surface area contributed by atoms with Gasteiger partial charge in [-0.1, -0.05) is 0 Å². The van der Waals surface area contributed by atoms with Crippen molar-refractivity contribution in [3.05, 3.63) is 37.3 Å². The Balaban J connectivity index is -0.000000000179. The summed E-state index contributed by atoms with van der Waals surface area (Å²) < 4.78 is 0. The van der Waals surface area contributed by atoms with Crippen molar-refractivity contribution in [2.24, 2.45) is 0 Å². The molecule has 0 spiro atoms. The Bertz CT molecular complexity index is 20.5. The molecule has 0 heterocycles. The van der Waals surface area contributed by atoms with Gasteiger partial charge in [-0.05, 0) is 0 Å². The molecule has 0 atom stereocenters. The van der Waals surface area contributed by atoms with E-state index in [9.17, 15) is 0 Å². The second-order valence-corrected chi connectivity index (χ2v) is 0. The van der Waals surface area contributed by atoms with Gasteiger partial charge in [0, 0.05) is 0 Å². The van der Waals surface area contributed by atoms with Gasteiger partial charge in [0.25, 0.3) is 0 Å². The van der Waals surface area contributed by atoms with Crippen molar-refractivity contribution >= 4 is 0 Å². The van der Waals surface area contributed by atoms with Crippen molar-refractivity contribution in [2.75, 3.05) is 0 Å². The number of nitrogens with two attached hydrogens (primary N) is 5. The molecule has 0 saturated heterocycles. The largest absolute Gasteiger partial charge is 2.00 e. The molecule has 0 aliphatic rings. The molecule has 0 bridgehead atoms. The predicted molar refractivity (Wildman–Crippen MR) is 31.4 cm³/mol. The fraction of sp³-hybridized carbons (Fsp3) is 0. The molecule has 0 unspecified atom stereocenters. The summed E-state index contributed by atoms with van der Waals surface area (Å²) in [6.07, 6.45) is 0. The van der Waals surface area contributed by atoms with E-state index in [0.29, 0.717) is 0 Å². The molecular weight excluding hydrogens is 226 g/mol. The SMILES string of the molecule is [C-]#N.[Cl-].[Cl-].[Co+2].[NH2-].[NH2-].[NH2-].[NH2-].[NH2-]. The van der Waals surface area contributed by atoms with Crippen LogP contribution in [0, 0.1) is 11.8 Å². The first-order valence-electron chi connectivity index (χ1n) is 0.224. The quantitative estimate of drug-likeness (QED) is 0.419. The maximum Gasteiger partial charge on any atom is 2.00 e. The summed E-state index contributed by atoms with van der Waals surface area (Å²) in [6.45, 7) is 4.75. The summed E-state index contributed by atoms with van der Waals surface area (Å²) in [5.41, 5.74) is 0. The van der Waals surface area contributed by atoms with Gasteiger partial charge in [-0.2, -0.15) is 0 Å². The summed E-state index contributed by atoms with van der Waals surface area (Å²) in [5, 5.41) is 6.25. The maximum atomic E-state index is 6.25. The maximum absolute atomic E-state index is 6.25. The number of halogens is 2. The van der Waals surface area contributed by atoms with E-state index in [2.05, 4.69) is 0 Å². The predicted octanol–water partition coefficient (Wildman–Crippen LogP) is -2.31. The van der Waals surface area contributed by atoms with Gasteiger partial charge in [0.15, 0.2) is 0 Å². The average molecular weight is 236 g/mol. The Morgan fingerprint density at radius 1 is 0.600 bits per heavy atom. The van der Waals surface area contributed by atoms with Gasteiger partial charge in [0.1, 0.15) is 0 Å². The Morgan fingerprint density at radius 2 is 0.600 bits per heavy atom. The summed E-state index contributed by atoms with van der Waals surface area (Å²) in [4.78, 5) is 0. The number of hydrogen-bond donors (Lipinski definition) is 0. The van der Waals surface area contributed by atoms with Crippen LogP contribution < -0.4 is 24.8 Å². The van der Waals surface area contributed by atoms with E-state index in [0.717, 1.165) is 0 Å². The van der Waals surface area contributed by atoms with Crippen LogP contribution in [-0.4, -0.2) is 0 Å². The Morgan fingerprint density at radius 3 is 0.600 bits per heavy atom. The molecule has 0 amide bonds. The van der Waals surface area contributed by atoms with E-state index in [-0.39, 0.29) is 72.3 Å². The standard InChI is InChI=1S/CN.2ClH.Co.5H2N/c1-2;;;;;;;;/h;2*1H;;5*1H2/q-1;;;+2;5*-1/p-2. The summed E-state index contributed by atoms with van der Waals surface area (Å²) in [5.74, 6) is 0. The third-order valence-corrected chi connectivity index (χ3v) is 0. The summed E-state index contributed by atoms with van der Waals surface area (Å²) in [7, 11) is 0. The molecule has 0 fully saturated rings. The molecule has 0 aliphatic heterocycles. The number of hydrogen-bond acceptors (Lipinski definition) is 1. The molecule has 10 N–H and O–H groups in total. The molecule has 73 valence electrons. The van der Waals surface area contributed by atoms with Crippen LogP contribution in [0.5, 0.6) is 0 Å². The molecule has 0 saturated carbocycles. The van der Waals surface area contributed by atoms with E-state index < -0.39 is 0 Å². The van der Waals surface area contributed by atoms with Crippen molar-refractivity contribution < 1.29 is 41.6 Å². The molecule has 10 heavy (non-hydrogen) atoms. The minimum absolute atomic E-state index is 0. The third-order valence-electron chi connectivity index (χ3n) is 0. The Kier molecular flexibility index (Phi) is 223000. The molecule has 0 aromatic rings. The zero-order valence-electron chi connectivity index (χ0n) is 4.92. The van der Waals surface area contributed by atoms with E-state index in [4.69, 9.17) is 11.8 Å². The molecular formula is CH10Cl2CoN6-6. The molecule has 0 aromatic heterocycles. The average Bonchev–Trinajstić information content (AvgIpc) is 1.00. The van der Waals surface area contributed by atoms with Crippen LogP contribution in [0.15, 0.2) is 0 Å². The van der Waals surface area contributed by atoms with Crippen LogP contribution in [0.3, 0.4) is 0 Å². The fourth-order valence-corrected chi connectivity index (χ4v) is 0. The van der Waals surface area contributed by atoms with Crippen LogP contribution in [0.1, 0.15) is 0 Å². The van der Waals surface area contributed by atoms with Crippen molar-refractivity contribution in [2.45, 2.75) is 0 Å². The number of nitrogens with zero attached hydrogens (tertiary/aromatic N) is 1. The zero-order valence-corrected chi connectivity index (χ0v) is 7.48. The minimum atomic E-state index is 0. The summed E-state index contributed by atoms with van der Waals surface area (Å²) in [6, 6.07) is 0. The van der Waals surface area contributed by atoms with Gasteiger partial charge in [-0.15, -0.1) is 0 Å². The molecule has 0 rings (SSSR count). The monoisotopic (exact) mass is 235 g/mol. The van der Waals surface area contributed by atoms with Gasteiger partial charge in [-0.25, -0.2) is 0 Å². The normalized spacial score (nSPS) is 0.200. The number of rotatable bonds is 0. The van der Waals surface area contributed by atoms with Crippen LogP contribution >= 0.6 is 0 Å². The van der Waals surface area contributed by atoms with Crippen molar-refractivity contribution in [3.8, 4) is 0 Å². The van der Waals surface area contributed by atoms with E-state index in [1.54, 1.807) is 0 Å². The molecule has 0 aromatic carbocycles. The fourth-order valence-electron chi connectivity index (χ4n) is 0. The van der Waals surface area contributed by atoms with Crippen molar-refractivity contribution in [3.63, 3.8) is 0 Å². The molecule has 9 heteroatoms. The molecule has 0 aliphatic carbocycles. The molecule has 1 radical (unpaired) electrons. The Labute approximate surface area is 84.4 Å². The first-order chi connectivity index (χ1) is 1.00. The second-order valence-electron chi connectivity index (χ2n) is 0. The zero-order chi connectivity index (χ0) is 2.00. The van der Waals surface area contributed by atoms with Gasteiger partial charge in [0.05, 0.1) is 0 Å². The van der Waals surface area contributed by atoms with Gasteiger partial charge in [0.2, 0.25) is 0 Å². The smallest absolute Gasteiger partial charge is 1.00 e. The van der Waals surface area contributed by atoms with E-state index in [1.807, 2.05) is 0 Å². The van der Waals surface area contributed by atoms with Gasteiger partial charge < -0.3 is 67.4 Å². The first kappa shape index (κ1) is 481. The van der Waals surface area contributed by atoms with E-state index >= 15 is 0 Å². The van der Waals surface area contributed by atoms with Crippen LogP contribution in [0.2, 0.25) is 0 Å². The van der Waals surface area contributed by atoms with E-state index in [1.165, 1.54) is 0 Å². The Hall–Kier alpha value is 0.376. The third kappa shape index (κ3) is 3220. The minimum Gasteiger partial charge on any atom is -1.00 e.